The van der Waals surface area contributed by atoms with Crippen LogP contribution >= 0.6 is 11.8 Å². The van der Waals surface area contributed by atoms with E-state index in [9.17, 15) is 0 Å². The van der Waals surface area contributed by atoms with Gasteiger partial charge >= 0.3 is 0 Å². The lowest BCUT2D eigenvalue weighted by Crippen LogP contribution is -2.26. The fourth-order valence-electron chi connectivity index (χ4n) is 2.18. The average Bonchev–Trinajstić information content (AvgIpc) is 2.40. The molecule has 4 heteroatoms. The molecule has 0 spiro atoms. The van der Waals surface area contributed by atoms with Gasteiger partial charge in [-0.15, -0.1) is 0 Å². The van der Waals surface area contributed by atoms with Crippen LogP contribution in [0.4, 0.5) is 0 Å². The predicted molar refractivity (Wildman–Crippen MR) is 83.0 cm³/mol. The fraction of sp³-hybridized carbons (Fsp3) is 0.600. The lowest BCUT2D eigenvalue weighted by Gasteiger charge is -2.26. The standard InChI is InChI=1S/C15H25NO2S/c1-11(9-10-17)19-12(2)15(16-3)13-5-7-14(18-4)8-6-13/h5-8,11-12,15-17H,9-10H2,1-4H3. The second-order valence-electron chi connectivity index (χ2n) is 4.70. The van der Waals surface area contributed by atoms with Gasteiger partial charge in [-0.25, -0.2) is 0 Å². The van der Waals surface area contributed by atoms with E-state index in [0.29, 0.717) is 16.5 Å². The van der Waals surface area contributed by atoms with Crippen LogP contribution in [0.2, 0.25) is 0 Å². The first-order valence-corrected chi connectivity index (χ1v) is 7.64. The topological polar surface area (TPSA) is 41.5 Å². The maximum Gasteiger partial charge on any atom is 0.118 e. The van der Waals surface area contributed by atoms with Gasteiger partial charge in [0, 0.05) is 23.1 Å². The number of thioether (sulfide) groups is 1. The summed E-state index contributed by atoms with van der Waals surface area (Å²) < 4.78 is 5.19. The molecule has 3 nitrogen and oxygen atoms in total. The summed E-state index contributed by atoms with van der Waals surface area (Å²) in [5.41, 5.74) is 1.26. The van der Waals surface area contributed by atoms with E-state index in [1.165, 1.54) is 5.56 Å². The number of methoxy groups -OCH3 is 1. The van der Waals surface area contributed by atoms with Crippen LogP contribution in [-0.2, 0) is 0 Å². The lowest BCUT2D eigenvalue weighted by atomic mass is 10.0. The van der Waals surface area contributed by atoms with E-state index in [1.807, 2.05) is 30.9 Å². The SMILES string of the molecule is CNC(c1ccc(OC)cc1)C(C)SC(C)CCO. The molecule has 3 unspecified atom stereocenters. The van der Waals surface area contributed by atoms with Crippen molar-refractivity contribution < 1.29 is 9.84 Å². The Kier molecular flexibility index (Phi) is 7.28. The highest BCUT2D eigenvalue weighted by Crippen LogP contribution is 2.30. The van der Waals surface area contributed by atoms with Crippen LogP contribution in [0.15, 0.2) is 24.3 Å². The highest BCUT2D eigenvalue weighted by atomic mass is 32.2. The van der Waals surface area contributed by atoms with E-state index in [-0.39, 0.29) is 6.61 Å². The van der Waals surface area contributed by atoms with E-state index in [1.54, 1.807) is 7.11 Å². The van der Waals surface area contributed by atoms with Gasteiger partial charge in [-0.3, -0.25) is 0 Å². The second-order valence-corrected chi connectivity index (χ2v) is 6.52. The molecule has 0 heterocycles. The molecule has 1 aromatic carbocycles. The highest BCUT2D eigenvalue weighted by molar-refractivity contribution is 8.00. The third kappa shape index (κ3) is 5.05. The van der Waals surface area contributed by atoms with Gasteiger partial charge in [0.05, 0.1) is 7.11 Å². The summed E-state index contributed by atoms with van der Waals surface area (Å²) in [7, 11) is 3.67. The van der Waals surface area contributed by atoms with E-state index in [2.05, 4.69) is 31.3 Å². The zero-order valence-corrected chi connectivity index (χ0v) is 13.0. The first-order chi connectivity index (χ1) is 9.12. The van der Waals surface area contributed by atoms with E-state index < -0.39 is 0 Å². The molecule has 108 valence electrons. The third-order valence-corrected chi connectivity index (χ3v) is 4.64. The lowest BCUT2D eigenvalue weighted by molar-refractivity contribution is 0.288. The van der Waals surface area contributed by atoms with Crippen molar-refractivity contribution >= 4 is 11.8 Å². The predicted octanol–water partition coefficient (Wildman–Crippen LogP) is 2.85. The number of hydrogen-bond donors (Lipinski definition) is 2. The molecule has 1 aromatic rings. The van der Waals surface area contributed by atoms with Crippen LogP contribution in [0, 0.1) is 0 Å². The molecule has 0 aliphatic rings. The van der Waals surface area contributed by atoms with Crippen molar-refractivity contribution in [3.8, 4) is 5.75 Å². The van der Waals surface area contributed by atoms with Crippen LogP contribution < -0.4 is 10.1 Å². The first-order valence-electron chi connectivity index (χ1n) is 6.70. The Bertz CT molecular complexity index is 356. The minimum absolute atomic E-state index is 0.258. The van der Waals surface area contributed by atoms with Gasteiger partial charge in [-0.1, -0.05) is 26.0 Å². The molecule has 0 aliphatic heterocycles. The molecule has 0 radical (unpaired) electrons. The van der Waals surface area contributed by atoms with Crippen molar-refractivity contribution in [1.29, 1.82) is 0 Å². The zero-order chi connectivity index (χ0) is 14.3. The number of nitrogens with one attached hydrogen (secondary N) is 1. The van der Waals surface area contributed by atoms with Crippen LogP contribution in [0.25, 0.3) is 0 Å². The summed E-state index contributed by atoms with van der Waals surface area (Å²) >= 11 is 1.91. The number of ether oxygens (including phenoxy) is 1. The Morgan fingerprint density at radius 2 is 1.89 bits per heavy atom. The molecule has 0 bridgehead atoms. The van der Waals surface area contributed by atoms with Gasteiger partial charge in [-0.2, -0.15) is 11.8 Å². The van der Waals surface area contributed by atoms with Gasteiger partial charge in [-0.05, 0) is 31.2 Å². The van der Waals surface area contributed by atoms with Crippen molar-refractivity contribution in [2.45, 2.75) is 36.8 Å². The normalized spacial score (nSPS) is 15.8. The molecule has 0 fully saturated rings. The van der Waals surface area contributed by atoms with Crippen LogP contribution in [0.1, 0.15) is 31.9 Å². The Morgan fingerprint density at radius 1 is 1.26 bits per heavy atom. The van der Waals surface area contributed by atoms with E-state index in [4.69, 9.17) is 9.84 Å². The number of benzene rings is 1. The smallest absolute Gasteiger partial charge is 0.118 e. The monoisotopic (exact) mass is 283 g/mol. The van der Waals surface area contributed by atoms with Crippen molar-refractivity contribution in [1.82, 2.24) is 5.32 Å². The number of aliphatic hydroxyl groups is 1. The van der Waals surface area contributed by atoms with Gasteiger partial charge in [0.2, 0.25) is 0 Å². The van der Waals surface area contributed by atoms with Gasteiger partial charge < -0.3 is 15.2 Å². The minimum atomic E-state index is 0.258. The number of aliphatic hydroxyl groups excluding tert-OH is 1. The summed E-state index contributed by atoms with van der Waals surface area (Å²) in [4.78, 5) is 0. The Hall–Kier alpha value is -0.710. The molecule has 19 heavy (non-hydrogen) atoms. The Labute approximate surface area is 120 Å². The number of rotatable bonds is 8. The van der Waals surface area contributed by atoms with Crippen LogP contribution in [-0.4, -0.2) is 36.4 Å². The molecule has 0 saturated carbocycles. The first kappa shape index (κ1) is 16.3. The third-order valence-electron chi connectivity index (χ3n) is 3.24. The minimum Gasteiger partial charge on any atom is -0.497 e. The van der Waals surface area contributed by atoms with Gasteiger partial charge in [0.1, 0.15) is 5.75 Å². The molecule has 0 saturated heterocycles. The maximum atomic E-state index is 8.98. The Balaban J connectivity index is 2.69. The summed E-state index contributed by atoms with van der Waals surface area (Å²) in [5.74, 6) is 0.882. The molecule has 0 aromatic heterocycles. The molecule has 2 N–H and O–H groups in total. The maximum absolute atomic E-state index is 8.98. The molecular weight excluding hydrogens is 258 g/mol. The molecule has 1 rings (SSSR count). The molecule has 3 atom stereocenters. The molecule has 0 amide bonds. The highest BCUT2D eigenvalue weighted by Gasteiger charge is 2.20. The number of hydrogen-bond acceptors (Lipinski definition) is 4. The summed E-state index contributed by atoms with van der Waals surface area (Å²) in [6.45, 7) is 4.65. The van der Waals surface area contributed by atoms with Crippen LogP contribution in [0.5, 0.6) is 5.75 Å². The summed E-state index contributed by atoms with van der Waals surface area (Å²) in [6.07, 6.45) is 0.841. The molecular formula is C15H25NO2S. The summed E-state index contributed by atoms with van der Waals surface area (Å²) in [6, 6.07) is 8.50. The van der Waals surface area contributed by atoms with E-state index in [0.717, 1.165) is 12.2 Å². The fourth-order valence-corrected chi connectivity index (χ4v) is 3.60. The quantitative estimate of drug-likeness (QED) is 0.770. The zero-order valence-electron chi connectivity index (χ0n) is 12.2. The van der Waals surface area contributed by atoms with Crippen molar-refractivity contribution in [3.05, 3.63) is 29.8 Å². The largest absolute Gasteiger partial charge is 0.497 e. The molecule has 0 aliphatic carbocycles. The van der Waals surface area contributed by atoms with Gasteiger partial charge in [0.15, 0.2) is 0 Å². The Morgan fingerprint density at radius 3 is 2.37 bits per heavy atom. The average molecular weight is 283 g/mol. The van der Waals surface area contributed by atoms with Gasteiger partial charge in [0.25, 0.3) is 0 Å². The second kappa shape index (κ2) is 8.46. The van der Waals surface area contributed by atoms with Crippen molar-refractivity contribution in [2.24, 2.45) is 0 Å². The van der Waals surface area contributed by atoms with Crippen molar-refractivity contribution in [3.63, 3.8) is 0 Å². The van der Waals surface area contributed by atoms with Crippen molar-refractivity contribution in [2.75, 3.05) is 20.8 Å². The summed E-state index contributed by atoms with van der Waals surface area (Å²) in [5, 5.41) is 13.3. The van der Waals surface area contributed by atoms with E-state index >= 15 is 0 Å². The van der Waals surface area contributed by atoms with Crippen LogP contribution in [0.3, 0.4) is 0 Å².